The average Bonchev–Trinajstić information content (AvgIpc) is 2.83. The summed E-state index contributed by atoms with van der Waals surface area (Å²) in [7, 11) is 0. The van der Waals surface area contributed by atoms with Crippen LogP contribution in [0.2, 0.25) is 5.02 Å². The molecule has 0 unspecified atom stereocenters. The first-order valence-electron chi connectivity index (χ1n) is 12.3. The summed E-state index contributed by atoms with van der Waals surface area (Å²) < 4.78 is 15.4. The minimum atomic E-state index is -0.650. The van der Waals surface area contributed by atoms with Crippen molar-refractivity contribution in [3.8, 4) is 0 Å². The van der Waals surface area contributed by atoms with Gasteiger partial charge in [-0.05, 0) is 59.7 Å². The molecule has 37 heavy (non-hydrogen) atoms. The van der Waals surface area contributed by atoms with Gasteiger partial charge in [-0.15, -0.1) is 0 Å². The number of ketones is 2. The Morgan fingerprint density at radius 1 is 0.973 bits per heavy atom. The maximum atomic E-state index is 15.4. The Bertz CT molecular complexity index is 1490. The van der Waals surface area contributed by atoms with Crippen molar-refractivity contribution in [2.75, 3.05) is 5.32 Å². The third kappa shape index (κ3) is 6.05. The molecule has 3 aromatic carbocycles. The number of pyridine rings is 1. The van der Waals surface area contributed by atoms with Crippen LogP contribution in [0.3, 0.4) is 0 Å². The molecule has 0 amide bonds. The summed E-state index contributed by atoms with van der Waals surface area (Å²) in [6.07, 6.45) is 2.08. The van der Waals surface area contributed by atoms with E-state index in [-0.39, 0.29) is 35.6 Å². The standard InChI is InChI=1S/C31H30ClFN2O2/c1-19-7-5-9-22(17-19)35-30-24-10-6-8-21(23(24)15-16-34-30)18-26(36)28-25(32)13-11-20(29(28)33)12-14-27(37)31(2,3)4/h5-11,13,15-17H,12,14,18H2,1-4H3,(H,34,35). The summed E-state index contributed by atoms with van der Waals surface area (Å²) in [4.78, 5) is 30.2. The highest BCUT2D eigenvalue weighted by Gasteiger charge is 2.24. The van der Waals surface area contributed by atoms with Crippen LogP contribution in [0.5, 0.6) is 0 Å². The number of anilines is 2. The van der Waals surface area contributed by atoms with Gasteiger partial charge >= 0.3 is 0 Å². The van der Waals surface area contributed by atoms with Gasteiger partial charge in [-0.1, -0.05) is 68.8 Å². The minimum Gasteiger partial charge on any atom is -0.340 e. The first-order chi connectivity index (χ1) is 17.5. The molecule has 4 aromatic rings. The molecule has 1 N–H and O–H groups in total. The Kier molecular flexibility index (Phi) is 7.74. The predicted molar refractivity (Wildman–Crippen MR) is 148 cm³/mol. The van der Waals surface area contributed by atoms with Gasteiger partial charge < -0.3 is 5.32 Å². The zero-order valence-corrected chi connectivity index (χ0v) is 22.2. The van der Waals surface area contributed by atoms with Crippen molar-refractivity contribution in [3.05, 3.63) is 100.0 Å². The molecule has 0 saturated carbocycles. The number of rotatable bonds is 8. The topological polar surface area (TPSA) is 59.1 Å². The zero-order chi connectivity index (χ0) is 26.7. The number of fused-ring (bicyclic) bond motifs is 1. The molecule has 4 nitrogen and oxygen atoms in total. The second kappa shape index (κ2) is 10.8. The smallest absolute Gasteiger partial charge is 0.171 e. The summed E-state index contributed by atoms with van der Waals surface area (Å²) in [6, 6.07) is 18.6. The number of carbonyl (C=O) groups excluding carboxylic acids is 2. The Labute approximate surface area is 221 Å². The number of Topliss-reactive ketones (excluding diaryl/α,β-unsaturated/α-hetero) is 2. The van der Waals surface area contributed by atoms with E-state index in [4.69, 9.17) is 11.6 Å². The molecule has 0 atom stereocenters. The number of aromatic nitrogens is 1. The van der Waals surface area contributed by atoms with E-state index in [9.17, 15) is 9.59 Å². The molecule has 0 saturated heterocycles. The Morgan fingerprint density at radius 3 is 2.46 bits per heavy atom. The second-order valence-corrected chi connectivity index (χ2v) is 10.7. The minimum absolute atomic E-state index is 0.0216. The largest absolute Gasteiger partial charge is 0.340 e. The fourth-order valence-corrected chi connectivity index (χ4v) is 4.57. The van der Waals surface area contributed by atoms with Crippen LogP contribution in [-0.2, 0) is 17.6 Å². The van der Waals surface area contributed by atoms with Gasteiger partial charge in [0, 0.05) is 35.5 Å². The van der Waals surface area contributed by atoms with Gasteiger partial charge in [-0.25, -0.2) is 9.37 Å². The number of nitrogens with one attached hydrogen (secondary N) is 1. The Balaban J connectivity index is 1.62. The molecule has 190 valence electrons. The number of halogens is 2. The van der Waals surface area contributed by atoms with Crippen LogP contribution < -0.4 is 5.32 Å². The van der Waals surface area contributed by atoms with Gasteiger partial charge in [0.05, 0.1) is 10.6 Å². The van der Waals surface area contributed by atoms with Gasteiger partial charge in [0.25, 0.3) is 0 Å². The molecule has 0 aliphatic rings. The van der Waals surface area contributed by atoms with Crippen molar-refractivity contribution < 1.29 is 14.0 Å². The zero-order valence-electron chi connectivity index (χ0n) is 21.5. The Morgan fingerprint density at radius 2 is 1.73 bits per heavy atom. The molecule has 4 rings (SSSR count). The molecule has 0 bridgehead atoms. The number of benzene rings is 3. The first-order valence-corrected chi connectivity index (χ1v) is 12.7. The van der Waals surface area contributed by atoms with Crippen LogP contribution in [0, 0.1) is 18.2 Å². The van der Waals surface area contributed by atoms with Gasteiger partial charge in [0.2, 0.25) is 0 Å². The Hall–Kier alpha value is -3.57. The van der Waals surface area contributed by atoms with E-state index in [2.05, 4.69) is 10.3 Å². The van der Waals surface area contributed by atoms with Crippen LogP contribution in [0.25, 0.3) is 10.8 Å². The SMILES string of the molecule is Cc1cccc(Nc2nccc3c(CC(=O)c4c(Cl)ccc(CCC(=O)C(C)(C)C)c4F)cccc23)c1. The number of hydrogen-bond donors (Lipinski definition) is 1. The summed E-state index contributed by atoms with van der Waals surface area (Å²) in [5, 5.41) is 5.13. The molecule has 0 spiro atoms. The maximum absolute atomic E-state index is 15.4. The highest BCUT2D eigenvalue weighted by atomic mass is 35.5. The molecule has 1 heterocycles. The second-order valence-electron chi connectivity index (χ2n) is 10.3. The van der Waals surface area contributed by atoms with E-state index >= 15 is 4.39 Å². The van der Waals surface area contributed by atoms with Crippen LogP contribution >= 0.6 is 11.6 Å². The molecule has 0 fully saturated rings. The monoisotopic (exact) mass is 516 g/mol. The highest BCUT2D eigenvalue weighted by molar-refractivity contribution is 6.34. The van der Waals surface area contributed by atoms with Crippen LogP contribution in [0.4, 0.5) is 15.9 Å². The molecular formula is C31H30ClFN2O2. The van der Waals surface area contributed by atoms with E-state index in [0.29, 0.717) is 11.4 Å². The lowest BCUT2D eigenvalue weighted by Crippen LogP contribution is -2.20. The quantitative estimate of drug-likeness (QED) is 0.241. The summed E-state index contributed by atoms with van der Waals surface area (Å²) in [6.45, 7) is 7.53. The number of nitrogens with zero attached hydrogens (tertiary/aromatic N) is 1. The van der Waals surface area contributed by atoms with Crippen LogP contribution in [0.1, 0.15) is 54.2 Å². The van der Waals surface area contributed by atoms with Crippen molar-refractivity contribution in [1.29, 1.82) is 0 Å². The van der Waals surface area contributed by atoms with Crippen LogP contribution in [-0.4, -0.2) is 16.6 Å². The van der Waals surface area contributed by atoms with Gasteiger partial charge in [-0.2, -0.15) is 0 Å². The number of carbonyl (C=O) groups is 2. The van der Waals surface area contributed by atoms with Crippen molar-refractivity contribution in [1.82, 2.24) is 4.98 Å². The molecule has 1 aromatic heterocycles. The number of aryl methyl sites for hydroxylation is 2. The van der Waals surface area contributed by atoms with E-state index < -0.39 is 17.0 Å². The molecular weight excluding hydrogens is 487 g/mol. The normalized spacial score (nSPS) is 11.5. The van der Waals surface area contributed by atoms with E-state index in [1.165, 1.54) is 6.07 Å². The van der Waals surface area contributed by atoms with Crippen molar-refractivity contribution in [2.45, 2.75) is 47.0 Å². The van der Waals surface area contributed by atoms with Gasteiger partial charge in [0.15, 0.2) is 5.78 Å². The molecule has 0 aliphatic heterocycles. The van der Waals surface area contributed by atoms with Crippen molar-refractivity contribution in [3.63, 3.8) is 0 Å². The third-order valence-electron chi connectivity index (χ3n) is 6.44. The number of hydrogen-bond acceptors (Lipinski definition) is 4. The maximum Gasteiger partial charge on any atom is 0.171 e. The molecule has 0 radical (unpaired) electrons. The average molecular weight is 517 g/mol. The summed E-state index contributed by atoms with van der Waals surface area (Å²) in [5.74, 6) is -0.354. The van der Waals surface area contributed by atoms with Crippen molar-refractivity contribution in [2.24, 2.45) is 5.41 Å². The fourth-order valence-electron chi connectivity index (χ4n) is 4.31. The first kappa shape index (κ1) is 26.5. The van der Waals surface area contributed by atoms with Gasteiger partial charge in [0.1, 0.15) is 17.4 Å². The van der Waals surface area contributed by atoms with E-state index in [0.717, 1.165) is 27.6 Å². The van der Waals surface area contributed by atoms with Crippen molar-refractivity contribution >= 4 is 45.4 Å². The summed E-state index contributed by atoms with van der Waals surface area (Å²) in [5.41, 5.74) is 2.47. The van der Waals surface area contributed by atoms with E-state index in [1.54, 1.807) is 12.3 Å². The lowest BCUT2D eigenvalue weighted by atomic mass is 9.87. The molecule has 0 aliphatic carbocycles. The highest BCUT2D eigenvalue weighted by Crippen LogP contribution is 2.30. The molecule has 6 heteroatoms. The van der Waals surface area contributed by atoms with Gasteiger partial charge in [-0.3, -0.25) is 9.59 Å². The lowest BCUT2D eigenvalue weighted by Gasteiger charge is -2.17. The predicted octanol–water partition coefficient (Wildman–Crippen LogP) is 8.05. The summed E-state index contributed by atoms with van der Waals surface area (Å²) >= 11 is 6.30. The van der Waals surface area contributed by atoms with Crippen LogP contribution in [0.15, 0.2) is 66.9 Å². The van der Waals surface area contributed by atoms with E-state index in [1.807, 2.05) is 76.2 Å². The fraction of sp³-hybridized carbons (Fsp3) is 0.258. The lowest BCUT2D eigenvalue weighted by molar-refractivity contribution is -0.126. The third-order valence-corrected chi connectivity index (χ3v) is 6.75.